The molecular weight excluding hydrogens is 1150 g/mol. The number of carbonyl (C=O) groups excluding carboxylic acids is 3. The van der Waals surface area contributed by atoms with Crippen molar-refractivity contribution >= 4 is 17.9 Å². The monoisotopic (exact) mass is 1290 g/mol. The Morgan fingerprint density at radius 3 is 0.925 bits per heavy atom. The van der Waals surface area contributed by atoms with E-state index < -0.39 is 24.3 Å². The molecule has 0 aliphatic rings. The zero-order valence-electron chi connectivity index (χ0n) is 60.3. The molecule has 9 heteroatoms. The first kappa shape index (κ1) is 87.9. The number of quaternary nitrogens is 1. The maximum Gasteiger partial charge on any atom is 0.306 e. The summed E-state index contributed by atoms with van der Waals surface area (Å²) in [5.74, 6) is -2.33. The number of rotatable bonds is 68. The molecule has 0 spiro atoms. The van der Waals surface area contributed by atoms with Crippen LogP contribution in [0.3, 0.4) is 0 Å². The molecule has 0 saturated carbocycles. The van der Waals surface area contributed by atoms with E-state index >= 15 is 0 Å². The molecule has 0 rings (SSSR count). The van der Waals surface area contributed by atoms with E-state index in [1.807, 2.05) is 21.1 Å². The summed E-state index contributed by atoms with van der Waals surface area (Å²) in [7, 11) is 5.91. The summed E-state index contributed by atoms with van der Waals surface area (Å²) in [6, 6.07) is 0. The summed E-state index contributed by atoms with van der Waals surface area (Å²) >= 11 is 0. The Morgan fingerprint density at radius 1 is 0.333 bits per heavy atom. The van der Waals surface area contributed by atoms with Crippen LogP contribution in [0, 0.1) is 0 Å². The van der Waals surface area contributed by atoms with Crippen LogP contribution in [0.5, 0.6) is 0 Å². The summed E-state index contributed by atoms with van der Waals surface area (Å²) in [4.78, 5) is 37.5. The number of carboxylic acids is 1. The number of ether oxygens (including phenoxy) is 4. The summed E-state index contributed by atoms with van der Waals surface area (Å²) < 4.78 is 22.8. The number of hydrogen-bond donors (Lipinski definition) is 0. The topological polar surface area (TPSA) is 111 Å². The molecule has 0 aromatic rings. The Morgan fingerprint density at radius 2 is 0.613 bits per heavy atom. The molecule has 0 saturated heterocycles. The molecule has 93 heavy (non-hydrogen) atoms. The van der Waals surface area contributed by atoms with Crippen molar-refractivity contribution in [1.82, 2.24) is 0 Å². The maximum atomic E-state index is 12.9. The smallest absolute Gasteiger partial charge is 0.306 e. The van der Waals surface area contributed by atoms with Crippen LogP contribution >= 0.6 is 0 Å². The van der Waals surface area contributed by atoms with Gasteiger partial charge in [0, 0.05) is 12.8 Å². The summed E-state index contributed by atoms with van der Waals surface area (Å²) in [6.07, 6.45) is 105. The minimum Gasteiger partial charge on any atom is -0.545 e. The van der Waals surface area contributed by atoms with Crippen molar-refractivity contribution in [3.63, 3.8) is 0 Å². The maximum absolute atomic E-state index is 12.9. The number of nitrogens with zero attached hydrogens (tertiary/aromatic N) is 1. The Bertz CT molecular complexity index is 2090. The quantitative estimate of drug-likeness (QED) is 0.0195. The fourth-order valence-corrected chi connectivity index (χ4v) is 10.0. The number of carboxylic acid groups (broad SMARTS) is 1. The summed E-state index contributed by atoms with van der Waals surface area (Å²) in [5.41, 5.74) is 0. The zero-order chi connectivity index (χ0) is 67.5. The first-order chi connectivity index (χ1) is 45.6. The molecular formula is C84H139NO8. The predicted octanol–water partition coefficient (Wildman–Crippen LogP) is 22.7. The largest absolute Gasteiger partial charge is 0.545 e. The number of aliphatic carboxylic acids is 1. The van der Waals surface area contributed by atoms with Crippen LogP contribution in [0.2, 0.25) is 0 Å². The highest BCUT2D eigenvalue weighted by Crippen LogP contribution is 2.17. The van der Waals surface area contributed by atoms with E-state index in [0.29, 0.717) is 17.4 Å². The lowest BCUT2D eigenvalue weighted by Crippen LogP contribution is -2.44. The van der Waals surface area contributed by atoms with E-state index in [1.54, 1.807) is 0 Å². The lowest BCUT2D eigenvalue weighted by molar-refractivity contribution is -0.870. The Balaban J connectivity index is 4.20. The van der Waals surface area contributed by atoms with Crippen molar-refractivity contribution in [2.24, 2.45) is 0 Å². The first-order valence-electron chi connectivity index (χ1n) is 37.6. The van der Waals surface area contributed by atoms with Gasteiger partial charge in [-0.15, -0.1) is 0 Å². The third kappa shape index (κ3) is 74.2. The molecule has 2 unspecified atom stereocenters. The number of allylic oxidation sites excluding steroid dienone is 26. The number of esters is 2. The van der Waals surface area contributed by atoms with Crippen molar-refractivity contribution in [3.8, 4) is 0 Å². The number of hydrogen-bond acceptors (Lipinski definition) is 8. The van der Waals surface area contributed by atoms with Gasteiger partial charge in [0.05, 0.1) is 40.3 Å². The number of unbranched alkanes of at least 4 members (excludes halogenated alkanes) is 27. The molecule has 0 heterocycles. The molecule has 0 aromatic carbocycles. The first-order valence-corrected chi connectivity index (χ1v) is 37.6. The fraction of sp³-hybridized carbons (Fsp3) is 0.655. The van der Waals surface area contributed by atoms with Crippen LogP contribution in [0.4, 0.5) is 0 Å². The molecule has 0 N–H and O–H groups in total. The highest BCUT2D eigenvalue weighted by atomic mass is 16.7. The van der Waals surface area contributed by atoms with Gasteiger partial charge in [-0.25, -0.2) is 0 Å². The Labute approximate surface area is 572 Å². The second-order valence-corrected chi connectivity index (χ2v) is 25.9. The number of carbonyl (C=O) groups is 3. The normalized spacial score (nSPS) is 13.6. The Hall–Kier alpha value is -5.09. The van der Waals surface area contributed by atoms with Gasteiger partial charge in [-0.3, -0.25) is 9.59 Å². The van der Waals surface area contributed by atoms with Gasteiger partial charge in [-0.2, -0.15) is 0 Å². The van der Waals surface area contributed by atoms with Crippen LogP contribution in [-0.2, 0) is 33.3 Å². The lowest BCUT2D eigenvalue weighted by Gasteiger charge is -2.26. The second kappa shape index (κ2) is 72.7. The molecule has 528 valence electrons. The van der Waals surface area contributed by atoms with Crippen LogP contribution in [-0.4, -0.2) is 82.3 Å². The lowest BCUT2D eigenvalue weighted by atomic mass is 10.0. The van der Waals surface area contributed by atoms with Gasteiger partial charge < -0.3 is 33.3 Å². The number of likely N-dealkylation sites (N-methyl/N-ethyl adjacent to an activating group) is 1. The van der Waals surface area contributed by atoms with Gasteiger partial charge in [0.2, 0.25) is 0 Å². The van der Waals surface area contributed by atoms with Crippen molar-refractivity contribution in [2.75, 3.05) is 47.5 Å². The summed E-state index contributed by atoms with van der Waals surface area (Å²) in [5, 5.41) is 11.8. The van der Waals surface area contributed by atoms with Crippen LogP contribution in [0.1, 0.15) is 296 Å². The SMILES string of the molecule is CC/C=C\C/C=C\C/C=C\C/C=C\C/C=C\C/C=C\C/C=C\C/C=C\C/C=C\C/C=C\C/C=C\CCCCCC(=O)OC(COC(=O)CCCCCCCCCCCCCCCCCCCCC/C=C\C/C=C\CCCCCCC)COC(OCC[N+](C)(C)C)C(=O)[O-]. The van der Waals surface area contributed by atoms with Crippen molar-refractivity contribution < 1.29 is 42.9 Å². The summed E-state index contributed by atoms with van der Waals surface area (Å²) in [6.45, 7) is 4.59. The van der Waals surface area contributed by atoms with E-state index in [1.165, 1.54) is 148 Å². The van der Waals surface area contributed by atoms with Gasteiger partial charge >= 0.3 is 11.9 Å². The van der Waals surface area contributed by atoms with E-state index in [9.17, 15) is 19.5 Å². The van der Waals surface area contributed by atoms with Crippen LogP contribution < -0.4 is 5.11 Å². The molecule has 0 amide bonds. The minimum atomic E-state index is -1.64. The minimum absolute atomic E-state index is 0.134. The van der Waals surface area contributed by atoms with Gasteiger partial charge in [-0.05, 0) is 128 Å². The highest BCUT2D eigenvalue weighted by molar-refractivity contribution is 5.70. The molecule has 0 bridgehead atoms. The standard InChI is InChI=1S/C84H139NO8/c1-6-8-10-12-14-16-18-20-22-24-26-28-30-32-34-36-38-39-40-41-42-43-45-47-49-51-53-55-57-59-61-63-65-67-69-71-73-75-82(87)93-80(79-92-84(83(88)89)90-77-76-85(3,4)5)78-91-81(86)74-72-70-68-66-64-62-60-58-56-54-52-50-48-46-44-37-35-33-31-29-27-25-23-21-19-17-15-13-11-9-7-2/h8,10,14,16,19-22,25-28,32,34,38-39,41-42,45,47,51,53,57,59,63,65,80,84H,6-7,9,11-13,15,17-18,23-24,29-31,33,35-37,40,43-44,46,48-50,52,54-56,58,60-62,64,66-79H2,1-5H3/b10-8-,16-14-,21-19-,22-20-,27-25-,28-26-,34-32-,39-38-,42-41-,47-45-,53-51-,59-57-,65-63-. The van der Waals surface area contributed by atoms with E-state index in [4.69, 9.17) is 18.9 Å². The zero-order valence-corrected chi connectivity index (χ0v) is 60.3. The molecule has 2 atom stereocenters. The van der Waals surface area contributed by atoms with Gasteiger partial charge in [-0.1, -0.05) is 313 Å². The van der Waals surface area contributed by atoms with Crippen molar-refractivity contribution in [1.29, 1.82) is 0 Å². The molecule has 9 nitrogen and oxygen atoms in total. The average molecular weight is 1290 g/mol. The third-order valence-electron chi connectivity index (χ3n) is 15.8. The van der Waals surface area contributed by atoms with Gasteiger partial charge in [0.25, 0.3) is 0 Å². The van der Waals surface area contributed by atoms with Crippen LogP contribution in [0.25, 0.3) is 0 Å². The molecule has 0 aliphatic heterocycles. The van der Waals surface area contributed by atoms with Crippen LogP contribution in [0.15, 0.2) is 158 Å². The third-order valence-corrected chi connectivity index (χ3v) is 15.8. The van der Waals surface area contributed by atoms with Crippen molar-refractivity contribution in [3.05, 3.63) is 158 Å². The molecule has 0 aromatic heterocycles. The Kier molecular flexibility index (Phi) is 68.8. The molecule has 0 aliphatic carbocycles. The molecule has 0 radical (unpaired) electrons. The average Bonchev–Trinajstić information content (AvgIpc) is 3.73. The second-order valence-electron chi connectivity index (χ2n) is 25.9. The highest BCUT2D eigenvalue weighted by Gasteiger charge is 2.22. The van der Waals surface area contributed by atoms with E-state index in [2.05, 4.69) is 172 Å². The van der Waals surface area contributed by atoms with Gasteiger partial charge in [0.1, 0.15) is 13.2 Å². The van der Waals surface area contributed by atoms with Gasteiger partial charge in [0.15, 0.2) is 12.4 Å². The molecule has 0 fully saturated rings. The fourth-order valence-electron chi connectivity index (χ4n) is 10.0. The van der Waals surface area contributed by atoms with E-state index in [-0.39, 0.29) is 38.6 Å². The van der Waals surface area contributed by atoms with Crippen molar-refractivity contribution in [2.45, 2.75) is 309 Å². The predicted molar refractivity (Wildman–Crippen MR) is 398 cm³/mol. The van der Waals surface area contributed by atoms with E-state index in [0.717, 1.165) is 116 Å².